The van der Waals surface area contributed by atoms with Crippen LogP contribution in [0.15, 0.2) is 18.2 Å². The van der Waals surface area contributed by atoms with E-state index in [1.54, 1.807) is 12.1 Å². The summed E-state index contributed by atoms with van der Waals surface area (Å²) >= 11 is 0. The van der Waals surface area contributed by atoms with Gasteiger partial charge in [0.15, 0.2) is 0 Å². The normalized spacial score (nSPS) is 10.8. The molecule has 0 aliphatic heterocycles. The van der Waals surface area contributed by atoms with Crippen molar-refractivity contribution in [2.75, 3.05) is 18.5 Å². The van der Waals surface area contributed by atoms with Crippen molar-refractivity contribution in [2.45, 2.75) is 13.8 Å². The van der Waals surface area contributed by atoms with Gasteiger partial charge in [0.25, 0.3) is 5.69 Å². The van der Waals surface area contributed by atoms with Gasteiger partial charge in [-0.15, -0.1) is 0 Å². The van der Waals surface area contributed by atoms with Gasteiger partial charge in [-0.1, -0.05) is 13.8 Å². The van der Waals surface area contributed by atoms with Crippen molar-refractivity contribution in [3.05, 3.63) is 33.9 Å². The van der Waals surface area contributed by atoms with Crippen molar-refractivity contribution in [1.82, 2.24) is 0 Å². The van der Waals surface area contributed by atoms with Crippen LogP contribution < -0.4 is 5.32 Å². The van der Waals surface area contributed by atoms with Crippen molar-refractivity contribution >= 4 is 11.4 Å². The van der Waals surface area contributed by atoms with Crippen LogP contribution in [0.25, 0.3) is 0 Å². The Bertz CT molecular complexity index is 492. The van der Waals surface area contributed by atoms with Crippen LogP contribution >= 0.6 is 0 Å². The van der Waals surface area contributed by atoms with Gasteiger partial charge in [-0.3, -0.25) is 10.1 Å². The molecule has 0 amide bonds. The Kier molecular flexibility index (Phi) is 4.23. The highest BCUT2D eigenvalue weighted by Crippen LogP contribution is 2.23. The molecule has 0 saturated carbocycles. The van der Waals surface area contributed by atoms with Gasteiger partial charge >= 0.3 is 0 Å². The Morgan fingerprint density at radius 1 is 1.56 bits per heavy atom. The summed E-state index contributed by atoms with van der Waals surface area (Å²) in [6.07, 6.45) is 0. The summed E-state index contributed by atoms with van der Waals surface area (Å²) < 4.78 is 0. The van der Waals surface area contributed by atoms with E-state index in [9.17, 15) is 10.1 Å². The van der Waals surface area contributed by atoms with Crippen LogP contribution in [0.4, 0.5) is 11.4 Å². The van der Waals surface area contributed by atoms with E-state index < -0.39 is 4.92 Å². The fraction of sp³-hybridized carbons (Fsp3) is 0.417. The lowest BCUT2D eigenvalue weighted by Crippen LogP contribution is -2.26. The standard InChI is InChI=1S/C12H15N3O3/c1-12(2,8-16)7-14-10-4-3-9(6-13)11(5-10)15(17)18/h3-5,14,16H,7-8H2,1-2H3. The first-order valence-electron chi connectivity index (χ1n) is 5.43. The van der Waals surface area contributed by atoms with E-state index in [0.717, 1.165) is 0 Å². The van der Waals surface area contributed by atoms with Crippen LogP contribution in [0.3, 0.4) is 0 Å². The average molecular weight is 249 g/mol. The summed E-state index contributed by atoms with van der Waals surface area (Å²) in [5, 5.41) is 31.6. The molecule has 0 spiro atoms. The molecule has 2 N–H and O–H groups in total. The van der Waals surface area contributed by atoms with Crippen molar-refractivity contribution in [1.29, 1.82) is 5.26 Å². The van der Waals surface area contributed by atoms with Gasteiger partial charge in [-0.25, -0.2) is 0 Å². The predicted molar refractivity (Wildman–Crippen MR) is 67.2 cm³/mol. The number of nitro benzene ring substituents is 1. The van der Waals surface area contributed by atoms with Crippen LogP contribution in [0.5, 0.6) is 0 Å². The molecule has 1 aromatic rings. The predicted octanol–water partition coefficient (Wildman–Crippen LogP) is 1.90. The third-order valence-corrected chi connectivity index (χ3v) is 2.51. The van der Waals surface area contributed by atoms with Crippen LogP contribution in [0.1, 0.15) is 19.4 Å². The highest BCUT2D eigenvalue weighted by molar-refractivity contribution is 5.59. The summed E-state index contributed by atoms with van der Waals surface area (Å²) in [5.41, 5.74) is 0.0568. The summed E-state index contributed by atoms with van der Waals surface area (Å²) in [6.45, 7) is 4.24. The van der Waals surface area contributed by atoms with Gasteiger partial charge in [0, 0.05) is 30.3 Å². The minimum absolute atomic E-state index is 0.0123. The number of nitrogens with zero attached hydrogens (tertiary/aromatic N) is 2. The Hall–Kier alpha value is -2.13. The highest BCUT2D eigenvalue weighted by Gasteiger charge is 2.18. The van der Waals surface area contributed by atoms with E-state index in [2.05, 4.69) is 5.32 Å². The van der Waals surface area contributed by atoms with Crippen LogP contribution in [0, 0.1) is 26.9 Å². The number of hydrogen-bond donors (Lipinski definition) is 2. The fourth-order valence-electron chi connectivity index (χ4n) is 1.28. The lowest BCUT2D eigenvalue weighted by Gasteiger charge is -2.22. The number of hydrogen-bond acceptors (Lipinski definition) is 5. The Balaban J connectivity index is 2.90. The van der Waals surface area contributed by atoms with Crippen molar-refractivity contribution < 1.29 is 10.0 Å². The van der Waals surface area contributed by atoms with Crippen molar-refractivity contribution in [3.8, 4) is 6.07 Å². The van der Waals surface area contributed by atoms with Crippen LogP contribution in [-0.2, 0) is 0 Å². The molecular formula is C12H15N3O3. The molecule has 6 nitrogen and oxygen atoms in total. The molecule has 96 valence electrons. The summed E-state index contributed by atoms with van der Waals surface area (Å²) in [7, 11) is 0. The molecule has 0 unspecified atom stereocenters. The quantitative estimate of drug-likeness (QED) is 0.613. The first-order chi connectivity index (χ1) is 8.39. The second-order valence-corrected chi connectivity index (χ2v) is 4.78. The zero-order chi connectivity index (χ0) is 13.8. The molecule has 0 aliphatic carbocycles. The number of benzene rings is 1. The molecule has 1 aromatic carbocycles. The van der Waals surface area contributed by atoms with Crippen LogP contribution in [-0.4, -0.2) is 23.2 Å². The summed E-state index contributed by atoms with van der Waals surface area (Å²) in [4.78, 5) is 10.2. The van der Waals surface area contributed by atoms with E-state index in [-0.39, 0.29) is 23.3 Å². The first kappa shape index (κ1) is 13.9. The van der Waals surface area contributed by atoms with Gasteiger partial charge < -0.3 is 10.4 Å². The zero-order valence-electron chi connectivity index (χ0n) is 10.3. The maximum absolute atomic E-state index is 10.8. The molecule has 1 rings (SSSR count). The van der Waals surface area contributed by atoms with E-state index in [4.69, 9.17) is 10.4 Å². The SMILES string of the molecule is CC(C)(CO)CNc1ccc(C#N)c([N+](=O)[O-])c1. The van der Waals surface area contributed by atoms with Gasteiger partial charge in [-0.2, -0.15) is 5.26 Å². The van der Waals surface area contributed by atoms with Gasteiger partial charge in [-0.05, 0) is 12.1 Å². The molecule has 0 aliphatic rings. The number of aliphatic hydroxyl groups is 1. The smallest absolute Gasteiger partial charge is 0.289 e. The number of anilines is 1. The molecule has 18 heavy (non-hydrogen) atoms. The maximum Gasteiger partial charge on any atom is 0.289 e. The van der Waals surface area contributed by atoms with Gasteiger partial charge in [0.1, 0.15) is 11.6 Å². The number of nitro groups is 1. The number of aliphatic hydroxyl groups excluding tert-OH is 1. The second kappa shape index (κ2) is 5.47. The Morgan fingerprint density at radius 3 is 2.72 bits per heavy atom. The Morgan fingerprint density at radius 2 is 2.22 bits per heavy atom. The van der Waals surface area contributed by atoms with E-state index in [1.807, 2.05) is 13.8 Å². The number of nitrogens with one attached hydrogen (secondary N) is 1. The summed E-state index contributed by atoms with van der Waals surface area (Å²) in [5.74, 6) is 0. The molecule has 0 radical (unpaired) electrons. The Labute approximate surface area is 105 Å². The molecule has 0 aromatic heterocycles. The van der Waals surface area contributed by atoms with E-state index in [0.29, 0.717) is 12.2 Å². The third kappa shape index (κ3) is 3.43. The van der Waals surface area contributed by atoms with E-state index in [1.165, 1.54) is 12.1 Å². The van der Waals surface area contributed by atoms with Gasteiger partial charge in [0.05, 0.1) is 4.92 Å². The lowest BCUT2D eigenvalue weighted by atomic mass is 9.95. The van der Waals surface area contributed by atoms with Crippen molar-refractivity contribution in [3.63, 3.8) is 0 Å². The number of nitriles is 1. The topological polar surface area (TPSA) is 99.2 Å². The minimum Gasteiger partial charge on any atom is -0.396 e. The molecule has 0 saturated heterocycles. The fourth-order valence-corrected chi connectivity index (χ4v) is 1.28. The molecular weight excluding hydrogens is 234 g/mol. The monoisotopic (exact) mass is 249 g/mol. The highest BCUT2D eigenvalue weighted by atomic mass is 16.6. The molecule has 0 fully saturated rings. The maximum atomic E-state index is 10.8. The minimum atomic E-state index is -0.582. The number of rotatable bonds is 5. The zero-order valence-corrected chi connectivity index (χ0v) is 10.3. The largest absolute Gasteiger partial charge is 0.396 e. The first-order valence-corrected chi connectivity index (χ1v) is 5.43. The second-order valence-electron chi connectivity index (χ2n) is 4.78. The summed E-state index contributed by atoms with van der Waals surface area (Å²) in [6, 6.07) is 6.12. The molecule has 0 heterocycles. The average Bonchev–Trinajstić information content (AvgIpc) is 2.36. The molecule has 0 atom stereocenters. The third-order valence-electron chi connectivity index (χ3n) is 2.51. The molecule has 6 heteroatoms. The molecule has 0 bridgehead atoms. The van der Waals surface area contributed by atoms with Crippen molar-refractivity contribution in [2.24, 2.45) is 5.41 Å². The van der Waals surface area contributed by atoms with Crippen LogP contribution in [0.2, 0.25) is 0 Å². The van der Waals surface area contributed by atoms with Gasteiger partial charge in [0.2, 0.25) is 0 Å². The van der Waals surface area contributed by atoms with E-state index >= 15 is 0 Å². The lowest BCUT2D eigenvalue weighted by molar-refractivity contribution is -0.385.